The van der Waals surface area contributed by atoms with E-state index < -0.39 is 0 Å². The molecule has 32 heavy (non-hydrogen) atoms. The number of aromatic nitrogens is 3. The van der Waals surface area contributed by atoms with Crippen LogP contribution in [0.5, 0.6) is 0 Å². The van der Waals surface area contributed by atoms with Gasteiger partial charge in [-0.2, -0.15) is 20.1 Å². The predicted octanol–water partition coefficient (Wildman–Crippen LogP) is 5.41. The van der Waals surface area contributed by atoms with Crippen molar-refractivity contribution >= 4 is 29.5 Å². The molecule has 166 valence electrons. The summed E-state index contributed by atoms with van der Waals surface area (Å²) in [6.45, 7) is 3.96. The molecule has 0 aliphatic heterocycles. The lowest BCUT2D eigenvalue weighted by molar-refractivity contribution is 0.517. The van der Waals surface area contributed by atoms with Gasteiger partial charge in [-0.15, -0.1) is 0 Å². The van der Waals surface area contributed by atoms with Crippen LogP contribution in [-0.2, 0) is 0 Å². The molecule has 0 bridgehead atoms. The maximum Gasteiger partial charge on any atom is 0.255 e. The first-order valence-corrected chi connectivity index (χ1v) is 11.3. The zero-order valence-corrected chi connectivity index (χ0v) is 18.8. The van der Waals surface area contributed by atoms with Crippen LogP contribution in [0.1, 0.15) is 49.8 Å². The third-order valence-corrected chi connectivity index (χ3v) is 6.05. The normalized spacial score (nSPS) is 14.3. The molecular formula is C25H31N7. The van der Waals surface area contributed by atoms with E-state index in [0.717, 1.165) is 41.3 Å². The van der Waals surface area contributed by atoms with Crippen molar-refractivity contribution < 1.29 is 0 Å². The lowest BCUT2D eigenvalue weighted by Gasteiger charge is -2.21. The molecule has 4 N–H and O–H groups in total. The molecule has 2 heterocycles. The van der Waals surface area contributed by atoms with E-state index in [2.05, 4.69) is 15.0 Å². The summed E-state index contributed by atoms with van der Waals surface area (Å²) in [5.41, 5.74) is 17.0. The molecular weight excluding hydrogens is 398 g/mol. The minimum atomic E-state index is 0.317. The molecule has 1 fully saturated rings. The van der Waals surface area contributed by atoms with Crippen molar-refractivity contribution in [3.8, 4) is 11.1 Å². The van der Waals surface area contributed by atoms with Crippen LogP contribution in [0.25, 0.3) is 11.1 Å². The lowest BCUT2D eigenvalue weighted by Crippen LogP contribution is -2.16. The van der Waals surface area contributed by atoms with Gasteiger partial charge in [-0.1, -0.05) is 43.9 Å². The van der Waals surface area contributed by atoms with Crippen LogP contribution in [0.2, 0.25) is 0 Å². The Morgan fingerprint density at radius 3 is 2.47 bits per heavy atom. The number of aryl methyl sites for hydroxylation is 2. The highest BCUT2D eigenvalue weighted by molar-refractivity contribution is 5.84. The summed E-state index contributed by atoms with van der Waals surface area (Å²) >= 11 is 0. The van der Waals surface area contributed by atoms with E-state index >= 15 is 0 Å². The van der Waals surface area contributed by atoms with Crippen LogP contribution in [0, 0.1) is 19.8 Å². The Morgan fingerprint density at radius 2 is 1.78 bits per heavy atom. The van der Waals surface area contributed by atoms with Gasteiger partial charge in [0, 0.05) is 18.1 Å². The second-order valence-electron chi connectivity index (χ2n) is 8.48. The number of nitrogen functional groups attached to an aromatic ring is 2. The monoisotopic (exact) mass is 429 g/mol. The second-order valence-corrected chi connectivity index (χ2v) is 8.48. The molecule has 3 aromatic rings. The number of nitrogens with two attached hydrogens (primary N) is 2. The first-order valence-electron chi connectivity index (χ1n) is 11.3. The first-order chi connectivity index (χ1) is 15.5. The molecule has 7 heteroatoms. The molecule has 0 saturated heterocycles. The van der Waals surface area contributed by atoms with Crippen molar-refractivity contribution in [1.29, 1.82) is 0 Å². The lowest BCUT2D eigenvalue weighted by atomic mass is 10.0. The number of hydrogen-bond donors (Lipinski definition) is 2. The number of benzene rings is 1. The van der Waals surface area contributed by atoms with E-state index in [1.54, 1.807) is 11.2 Å². The summed E-state index contributed by atoms with van der Waals surface area (Å²) in [6, 6.07) is 11.8. The number of pyridine rings is 1. The molecule has 0 spiro atoms. The largest absolute Gasteiger partial charge is 0.383 e. The Hall–Kier alpha value is -3.48. The first kappa shape index (κ1) is 21.7. The highest BCUT2D eigenvalue weighted by atomic mass is 15.5. The average Bonchev–Trinajstić information content (AvgIpc) is 3.28. The molecule has 0 atom stereocenters. The van der Waals surface area contributed by atoms with Crippen LogP contribution in [0.4, 0.5) is 23.3 Å². The van der Waals surface area contributed by atoms with Crippen molar-refractivity contribution in [3.05, 3.63) is 53.9 Å². The van der Waals surface area contributed by atoms with E-state index in [9.17, 15) is 0 Å². The second kappa shape index (κ2) is 9.77. The van der Waals surface area contributed by atoms with Gasteiger partial charge in [0.2, 0.25) is 0 Å². The van der Waals surface area contributed by atoms with E-state index in [-0.39, 0.29) is 0 Å². The van der Waals surface area contributed by atoms with Crippen molar-refractivity contribution in [2.75, 3.05) is 16.5 Å². The van der Waals surface area contributed by atoms with E-state index in [0.29, 0.717) is 23.1 Å². The predicted molar refractivity (Wildman–Crippen MR) is 132 cm³/mol. The van der Waals surface area contributed by atoms with E-state index in [1.807, 2.05) is 56.5 Å². The van der Waals surface area contributed by atoms with Gasteiger partial charge in [0.25, 0.3) is 5.95 Å². The minimum absolute atomic E-state index is 0.317. The summed E-state index contributed by atoms with van der Waals surface area (Å²) in [5.74, 6) is 1.82. The molecule has 2 aromatic heterocycles. The molecule has 0 amide bonds. The van der Waals surface area contributed by atoms with Crippen molar-refractivity contribution in [1.82, 2.24) is 15.0 Å². The van der Waals surface area contributed by atoms with Gasteiger partial charge >= 0.3 is 0 Å². The fourth-order valence-electron chi connectivity index (χ4n) is 4.35. The quantitative estimate of drug-likeness (QED) is 0.384. The van der Waals surface area contributed by atoms with Gasteiger partial charge in [-0.3, -0.25) is 4.98 Å². The molecule has 0 unspecified atom stereocenters. The highest BCUT2D eigenvalue weighted by Gasteiger charge is 2.19. The van der Waals surface area contributed by atoms with E-state index in [4.69, 9.17) is 16.6 Å². The Morgan fingerprint density at radius 1 is 1.06 bits per heavy atom. The number of para-hydroxylation sites is 1. The number of nitrogens with zero attached hydrogens (tertiary/aromatic N) is 5. The Bertz CT molecular complexity index is 1080. The van der Waals surface area contributed by atoms with Crippen LogP contribution in [0.15, 0.2) is 47.7 Å². The fourth-order valence-corrected chi connectivity index (χ4v) is 4.35. The average molecular weight is 430 g/mol. The maximum absolute atomic E-state index is 6.37. The SMILES string of the molecule is Cc1cc(-c2c(N)nc(N(/N=C/CCC3CCCC3)c3ccccc3C)nc2N)ccn1. The van der Waals surface area contributed by atoms with Crippen LogP contribution in [-0.4, -0.2) is 21.2 Å². The third-order valence-electron chi connectivity index (χ3n) is 6.05. The van der Waals surface area contributed by atoms with Gasteiger partial charge in [0.05, 0.1) is 11.3 Å². The summed E-state index contributed by atoms with van der Waals surface area (Å²) in [6.07, 6.45) is 11.2. The van der Waals surface area contributed by atoms with Crippen molar-refractivity contribution in [2.45, 2.75) is 52.4 Å². The summed E-state index contributed by atoms with van der Waals surface area (Å²) in [5, 5.41) is 6.48. The fraction of sp³-hybridized carbons (Fsp3) is 0.360. The number of hydrogen-bond acceptors (Lipinski definition) is 7. The van der Waals surface area contributed by atoms with Crippen LogP contribution in [0.3, 0.4) is 0 Å². The molecule has 1 aliphatic carbocycles. The highest BCUT2D eigenvalue weighted by Crippen LogP contribution is 2.34. The molecule has 1 aromatic carbocycles. The van der Waals surface area contributed by atoms with Gasteiger partial charge in [0.15, 0.2) is 0 Å². The summed E-state index contributed by atoms with van der Waals surface area (Å²) in [4.78, 5) is 13.4. The maximum atomic E-state index is 6.37. The van der Waals surface area contributed by atoms with Gasteiger partial charge < -0.3 is 11.5 Å². The zero-order chi connectivity index (χ0) is 22.5. The van der Waals surface area contributed by atoms with Crippen LogP contribution >= 0.6 is 0 Å². The summed E-state index contributed by atoms with van der Waals surface area (Å²) in [7, 11) is 0. The Balaban J connectivity index is 1.66. The standard InChI is InChI=1S/C25H31N7/c1-17-8-3-6-12-21(17)32(29-14-7-11-19-9-4-5-10-19)25-30-23(26)22(24(27)31-25)20-13-15-28-18(2)16-20/h3,6,8,12-16,19H,4-5,7,9-11H2,1-2H3,(H4,26,27,30,31)/b29-14+. The van der Waals surface area contributed by atoms with E-state index in [1.165, 1.54) is 25.7 Å². The Kier molecular flexibility index (Phi) is 6.63. The molecule has 0 radical (unpaired) electrons. The van der Waals surface area contributed by atoms with Gasteiger partial charge in [-0.25, -0.2) is 0 Å². The number of hydrazone groups is 1. The van der Waals surface area contributed by atoms with Gasteiger partial charge in [-0.05, 0) is 61.9 Å². The number of rotatable bonds is 7. The third kappa shape index (κ3) is 4.88. The van der Waals surface area contributed by atoms with Gasteiger partial charge in [0.1, 0.15) is 11.6 Å². The topological polar surface area (TPSA) is 106 Å². The number of anilines is 4. The molecule has 4 rings (SSSR count). The van der Waals surface area contributed by atoms with Crippen molar-refractivity contribution in [3.63, 3.8) is 0 Å². The summed E-state index contributed by atoms with van der Waals surface area (Å²) < 4.78 is 0. The van der Waals surface area contributed by atoms with Crippen LogP contribution < -0.4 is 16.5 Å². The Labute approximate surface area is 189 Å². The molecule has 7 nitrogen and oxygen atoms in total. The minimum Gasteiger partial charge on any atom is -0.383 e. The smallest absolute Gasteiger partial charge is 0.255 e. The zero-order valence-electron chi connectivity index (χ0n) is 18.8. The van der Waals surface area contributed by atoms with Crippen molar-refractivity contribution in [2.24, 2.45) is 11.0 Å². The molecule has 1 saturated carbocycles. The molecule has 1 aliphatic rings.